The first-order valence-corrected chi connectivity index (χ1v) is 8.91. The molecule has 0 fully saturated rings. The number of ether oxygens (including phenoxy) is 1. The highest BCUT2D eigenvalue weighted by atomic mass is 79.9. The Labute approximate surface area is 150 Å². The van der Waals surface area contributed by atoms with Crippen molar-refractivity contribution in [1.82, 2.24) is 20.0 Å². The zero-order valence-corrected chi connectivity index (χ0v) is 16.4. The van der Waals surface area contributed by atoms with Crippen molar-refractivity contribution < 1.29 is 14.3 Å². The van der Waals surface area contributed by atoms with E-state index in [0.717, 1.165) is 12.1 Å². The van der Waals surface area contributed by atoms with E-state index in [0.29, 0.717) is 29.8 Å². The Hall–Kier alpha value is -1.57. The Morgan fingerprint density at radius 2 is 1.96 bits per heavy atom. The molecule has 2 amide bonds. The number of fused-ring (bicyclic) bond motifs is 1. The van der Waals surface area contributed by atoms with E-state index in [4.69, 9.17) is 4.74 Å². The van der Waals surface area contributed by atoms with Gasteiger partial charge in [0.2, 0.25) is 0 Å². The van der Waals surface area contributed by atoms with Gasteiger partial charge in [-0.3, -0.25) is 9.48 Å². The molecule has 0 atom stereocenters. The van der Waals surface area contributed by atoms with E-state index in [1.807, 2.05) is 34.6 Å². The number of hydrogen-bond acceptors (Lipinski definition) is 4. The van der Waals surface area contributed by atoms with Crippen LogP contribution in [0.1, 0.15) is 57.2 Å². The van der Waals surface area contributed by atoms with Crippen LogP contribution in [-0.2, 0) is 17.8 Å². The van der Waals surface area contributed by atoms with E-state index >= 15 is 0 Å². The molecule has 1 N–H and O–H groups in total. The fourth-order valence-corrected chi connectivity index (χ4v) is 3.03. The van der Waals surface area contributed by atoms with Crippen LogP contribution in [-0.4, -0.2) is 44.9 Å². The predicted molar refractivity (Wildman–Crippen MR) is 93.8 cm³/mol. The van der Waals surface area contributed by atoms with Crippen molar-refractivity contribution in [3.8, 4) is 0 Å². The smallest absolute Gasteiger partial charge is 0.410 e. The average molecular weight is 401 g/mol. The first kappa shape index (κ1) is 18.8. The molecule has 0 aromatic carbocycles. The van der Waals surface area contributed by atoms with Crippen LogP contribution in [0.3, 0.4) is 0 Å². The molecule has 1 aliphatic heterocycles. The number of aromatic nitrogens is 2. The third-order valence-corrected chi connectivity index (χ3v) is 4.25. The third-order valence-electron chi connectivity index (χ3n) is 3.42. The number of aryl methyl sites for hydroxylation is 1. The molecule has 0 unspecified atom stereocenters. The molecule has 1 aromatic rings. The van der Waals surface area contributed by atoms with Crippen molar-refractivity contribution in [2.24, 2.45) is 0 Å². The van der Waals surface area contributed by atoms with E-state index in [9.17, 15) is 9.59 Å². The van der Waals surface area contributed by atoms with Crippen molar-refractivity contribution in [2.75, 3.05) is 6.54 Å². The predicted octanol–water partition coefficient (Wildman–Crippen LogP) is 2.92. The Kier molecular flexibility index (Phi) is 5.57. The number of rotatable bonds is 2. The van der Waals surface area contributed by atoms with E-state index in [-0.39, 0.29) is 18.0 Å². The normalized spacial score (nSPS) is 15.0. The molecular weight excluding hydrogens is 376 g/mol. The topological polar surface area (TPSA) is 76.5 Å². The van der Waals surface area contributed by atoms with Crippen molar-refractivity contribution in [2.45, 2.75) is 65.8 Å². The second-order valence-electron chi connectivity index (χ2n) is 7.22. The summed E-state index contributed by atoms with van der Waals surface area (Å²) in [6, 6.07) is 0.0316. The van der Waals surface area contributed by atoms with E-state index < -0.39 is 5.60 Å². The molecule has 1 aromatic heterocycles. The van der Waals surface area contributed by atoms with Crippen molar-refractivity contribution >= 4 is 27.9 Å². The van der Waals surface area contributed by atoms with Crippen LogP contribution in [0, 0.1) is 0 Å². The largest absolute Gasteiger partial charge is 0.444 e. The minimum absolute atomic E-state index is 0.0316. The standard InChI is InChI=1S/C16H25BrN4O3/c1-10(2)18-14(22)13-12(17)11-9-20(7-6-8-21(11)19-13)15(23)24-16(3,4)5/h10H,6-9H2,1-5H3,(H,18,22). The van der Waals surface area contributed by atoms with Gasteiger partial charge in [0.1, 0.15) is 5.60 Å². The monoisotopic (exact) mass is 400 g/mol. The minimum Gasteiger partial charge on any atom is -0.444 e. The van der Waals surface area contributed by atoms with Gasteiger partial charge in [0.05, 0.1) is 16.7 Å². The molecule has 7 nitrogen and oxygen atoms in total. The molecule has 0 saturated heterocycles. The average Bonchev–Trinajstić information content (AvgIpc) is 2.62. The number of nitrogens with zero attached hydrogens (tertiary/aromatic N) is 3. The summed E-state index contributed by atoms with van der Waals surface area (Å²) >= 11 is 3.48. The van der Waals surface area contributed by atoms with Gasteiger partial charge in [0, 0.05) is 19.1 Å². The van der Waals surface area contributed by atoms with Gasteiger partial charge in [-0.15, -0.1) is 0 Å². The highest BCUT2D eigenvalue weighted by Gasteiger charge is 2.29. The molecule has 24 heavy (non-hydrogen) atoms. The maximum Gasteiger partial charge on any atom is 0.410 e. The van der Waals surface area contributed by atoms with Crippen LogP contribution in [0.4, 0.5) is 4.79 Å². The van der Waals surface area contributed by atoms with Gasteiger partial charge in [0.15, 0.2) is 5.69 Å². The summed E-state index contributed by atoms with van der Waals surface area (Å²) in [6.07, 6.45) is 0.406. The zero-order chi connectivity index (χ0) is 18.1. The molecule has 0 radical (unpaired) electrons. The van der Waals surface area contributed by atoms with Gasteiger partial charge < -0.3 is 15.0 Å². The van der Waals surface area contributed by atoms with Gasteiger partial charge in [-0.05, 0) is 57.0 Å². The molecular formula is C16H25BrN4O3. The lowest BCUT2D eigenvalue weighted by molar-refractivity contribution is 0.0236. The summed E-state index contributed by atoms with van der Waals surface area (Å²) in [4.78, 5) is 26.3. The highest BCUT2D eigenvalue weighted by Crippen LogP contribution is 2.26. The van der Waals surface area contributed by atoms with E-state index in [2.05, 4.69) is 26.3 Å². The molecule has 0 saturated carbocycles. The van der Waals surface area contributed by atoms with Crippen LogP contribution < -0.4 is 5.32 Å². The number of amides is 2. The van der Waals surface area contributed by atoms with Crippen LogP contribution >= 0.6 is 15.9 Å². The lowest BCUT2D eigenvalue weighted by Gasteiger charge is -2.26. The lowest BCUT2D eigenvalue weighted by Crippen LogP contribution is -2.36. The maximum atomic E-state index is 12.4. The van der Waals surface area contributed by atoms with Crippen LogP contribution in [0.5, 0.6) is 0 Å². The number of carbonyl (C=O) groups excluding carboxylic acids is 2. The quantitative estimate of drug-likeness (QED) is 0.827. The first-order valence-electron chi connectivity index (χ1n) is 8.12. The van der Waals surface area contributed by atoms with Crippen LogP contribution in [0.15, 0.2) is 4.47 Å². The second-order valence-corrected chi connectivity index (χ2v) is 8.01. The molecule has 134 valence electrons. The molecule has 0 aliphatic carbocycles. The summed E-state index contributed by atoms with van der Waals surface area (Å²) in [6.45, 7) is 10.9. The summed E-state index contributed by atoms with van der Waals surface area (Å²) in [5.74, 6) is -0.221. The van der Waals surface area contributed by atoms with Gasteiger partial charge >= 0.3 is 6.09 Å². The Bertz CT molecular complexity index is 634. The molecule has 8 heteroatoms. The van der Waals surface area contributed by atoms with E-state index in [1.165, 1.54) is 0 Å². The number of nitrogens with one attached hydrogen (secondary N) is 1. The zero-order valence-electron chi connectivity index (χ0n) is 14.9. The molecule has 2 rings (SSSR count). The lowest BCUT2D eigenvalue weighted by atomic mass is 10.2. The van der Waals surface area contributed by atoms with Gasteiger partial charge in [-0.25, -0.2) is 4.79 Å². The number of hydrogen-bond donors (Lipinski definition) is 1. The minimum atomic E-state index is -0.539. The molecule has 0 bridgehead atoms. The summed E-state index contributed by atoms with van der Waals surface area (Å²) in [5.41, 5.74) is 0.625. The van der Waals surface area contributed by atoms with E-state index in [1.54, 1.807) is 9.58 Å². The second kappa shape index (κ2) is 7.13. The fraction of sp³-hybridized carbons (Fsp3) is 0.688. The first-order chi connectivity index (χ1) is 11.1. The van der Waals surface area contributed by atoms with Crippen molar-refractivity contribution in [3.63, 3.8) is 0 Å². The van der Waals surface area contributed by atoms with Crippen molar-refractivity contribution in [3.05, 3.63) is 15.9 Å². The van der Waals surface area contributed by atoms with Crippen molar-refractivity contribution in [1.29, 1.82) is 0 Å². The molecule has 0 spiro atoms. The third kappa shape index (κ3) is 4.49. The van der Waals surface area contributed by atoms with Crippen LogP contribution in [0.25, 0.3) is 0 Å². The Balaban J connectivity index is 2.22. The Morgan fingerprint density at radius 3 is 2.54 bits per heavy atom. The van der Waals surface area contributed by atoms with Gasteiger partial charge in [-0.2, -0.15) is 5.10 Å². The summed E-state index contributed by atoms with van der Waals surface area (Å²) in [7, 11) is 0. The SMILES string of the molecule is CC(C)NC(=O)c1nn2c(c1Br)CN(C(=O)OC(C)(C)C)CCC2. The molecule has 2 heterocycles. The van der Waals surface area contributed by atoms with Gasteiger partial charge in [-0.1, -0.05) is 0 Å². The number of halogens is 1. The summed E-state index contributed by atoms with van der Waals surface area (Å²) < 4.78 is 7.89. The highest BCUT2D eigenvalue weighted by molar-refractivity contribution is 9.10. The Morgan fingerprint density at radius 1 is 1.29 bits per heavy atom. The van der Waals surface area contributed by atoms with Crippen LogP contribution in [0.2, 0.25) is 0 Å². The fourth-order valence-electron chi connectivity index (χ4n) is 2.44. The molecule has 1 aliphatic rings. The maximum absolute atomic E-state index is 12.4. The number of carbonyl (C=O) groups is 2. The summed E-state index contributed by atoms with van der Waals surface area (Å²) in [5, 5.41) is 7.25. The van der Waals surface area contributed by atoms with Gasteiger partial charge in [0.25, 0.3) is 5.91 Å².